The molecule has 0 heterocycles. The highest BCUT2D eigenvalue weighted by atomic mass is 35.5. The molecule has 3 nitrogen and oxygen atoms in total. The van der Waals surface area contributed by atoms with Crippen molar-refractivity contribution >= 4 is 39.9 Å². The summed E-state index contributed by atoms with van der Waals surface area (Å²) in [5.74, 6) is 0.499. The number of carbonyl (C=O) groups excluding carboxylic acids is 1. The van der Waals surface area contributed by atoms with E-state index in [1.54, 1.807) is 18.2 Å². The molecule has 1 atom stereocenters. The molecule has 0 aromatic heterocycles. The number of nitrogens with one attached hydrogen (secondary N) is 1. The molecule has 0 radical (unpaired) electrons. The third kappa shape index (κ3) is 6.41. The van der Waals surface area contributed by atoms with E-state index in [9.17, 15) is 9.00 Å². The maximum Gasteiger partial charge on any atom is 0.232 e. The van der Waals surface area contributed by atoms with Gasteiger partial charge in [-0.15, -0.1) is 0 Å². The van der Waals surface area contributed by atoms with Gasteiger partial charge in [0.25, 0.3) is 0 Å². The second-order valence-corrected chi connectivity index (χ2v) is 6.95. The van der Waals surface area contributed by atoms with Gasteiger partial charge in [0, 0.05) is 23.1 Å². The minimum Gasteiger partial charge on any atom is -0.355 e. The standard InChI is InChI=1S/C13H17Cl2NO2S/c1-9(2)6-16-13(17)8-19(18)7-10-3-4-11(14)12(15)5-10/h3-5,9H,6-8H2,1-2H3,(H,16,17)/t19-/m1/s1. The molecule has 0 saturated carbocycles. The number of halogens is 2. The van der Waals surface area contributed by atoms with Crippen LogP contribution in [0.4, 0.5) is 0 Å². The molecule has 1 N–H and O–H groups in total. The number of rotatable bonds is 6. The highest BCUT2D eigenvalue weighted by Crippen LogP contribution is 2.23. The second kappa shape index (κ2) is 7.88. The molecule has 19 heavy (non-hydrogen) atoms. The summed E-state index contributed by atoms with van der Waals surface area (Å²) in [6.07, 6.45) is 0. The molecule has 6 heteroatoms. The maximum absolute atomic E-state index is 11.8. The Morgan fingerprint density at radius 3 is 2.58 bits per heavy atom. The van der Waals surface area contributed by atoms with Crippen LogP contribution in [0.3, 0.4) is 0 Å². The van der Waals surface area contributed by atoms with E-state index in [1.165, 1.54) is 0 Å². The third-order valence-corrected chi connectivity index (χ3v) is 4.29. The van der Waals surface area contributed by atoms with Crippen LogP contribution < -0.4 is 5.32 Å². The molecule has 0 bridgehead atoms. The molecule has 1 amide bonds. The molecular weight excluding hydrogens is 305 g/mol. The summed E-state index contributed by atoms with van der Waals surface area (Å²) in [7, 11) is -1.24. The Morgan fingerprint density at radius 2 is 2.00 bits per heavy atom. The van der Waals surface area contributed by atoms with Crippen molar-refractivity contribution in [2.24, 2.45) is 5.92 Å². The van der Waals surface area contributed by atoms with Crippen LogP contribution in [0.5, 0.6) is 0 Å². The Hall–Kier alpha value is -0.580. The zero-order chi connectivity index (χ0) is 14.4. The first-order valence-corrected chi connectivity index (χ1v) is 8.18. The predicted molar refractivity (Wildman–Crippen MR) is 81.0 cm³/mol. The first-order valence-electron chi connectivity index (χ1n) is 5.94. The van der Waals surface area contributed by atoms with Crippen LogP contribution in [-0.4, -0.2) is 22.4 Å². The summed E-state index contributed by atoms with van der Waals surface area (Å²) >= 11 is 11.7. The van der Waals surface area contributed by atoms with Gasteiger partial charge in [-0.05, 0) is 23.6 Å². The third-order valence-electron chi connectivity index (χ3n) is 2.31. The van der Waals surface area contributed by atoms with Crippen molar-refractivity contribution in [2.45, 2.75) is 19.6 Å². The predicted octanol–water partition coefficient (Wildman–Crippen LogP) is 3.01. The lowest BCUT2D eigenvalue weighted by atomic mass is 10.2. The van der Waals surface area contributed by atoms with Gasteiger partial charge in [0.15, 0.2) is 0 Å². The minimum atomic E-state index is -1.24. The fourth-order valence-electron chi connectivity index (χ4n) is 1.38. The molecule has 0 aliphatic heterocycles. The monoisotopic (exact) mass is 321 g/mol. The van der Waals surface area contributed by atoms with Crippen LogP contribution in [0, 0.1) is 5.92 Å². The first-order chi connectivity index (χ1) is 8.88. The van der Waals surface area contributed by atoms with Gasteiger partial charge in [-0.2, -0.15) is 0 Å². The van der Waals surface area contributed by atoms with Crippen molar-refractivity contribution in [1.82, 2.24) is 5.32 Å². The van der Waals surface area contributed by atoms with E-state index in [-0.39, 0.29) is 11.7 Å². The topological polar surface area (TPSA) is 46.2 Å². The molecular formula is C13H17Cl2NO2S. The number of benzene rings is 1. The molecule has 1 aromatic rings. The molecule has 0 aliphatic rings. The average Bonchev–Trinajstić information content (AvgIpc) is 2.31. The number of amides is 1. The van der Waals surface area contributed by atoms with Gasteiger partial charge >= 0.3 is 0 Å². The lowest BCUT2D eigenvalue weighted by Crippen LogP contribution is -2.31. The van der Waals surface area contributed by atoms with Crippen molar-refractivity contribution in [3.05, 3.63) is 33.8 Å². The Morgan fingerprint density at radius 1 is 1.32 bits per heavy atom. The fourth-order valence-corrected chi connectivity index (χ4v) is 2.75. The Labute approximate surface area is 126 Å². The minimum absolute atomic E-state index is 0.00691. The summed E-state index contributed by atoms with van der Waals surface area (Å²) in [5, 5.41) is 3.63. The van der Waals surface area contributed by atoms with E-state index in [2.05, 4.69) is 5.32 Å². The lowest BCUT2D eigenvalue weighted by molar-refractivity contribution is -0.118. The summed E-state index contributed by atoms with van der Waals surface area (Å²) in [6, 6.07) is 5.10. The number of carbonyl (C=O) groups is 1. The largest absolute Gasteiger partial charge is 0.355 e. The van der Waals surface area contributed by atoms with Crippen LogP contribution in [0.2, 0.25) is 10.0 Å². The quantitative estimate of drug-likeness (QED) is 0.875. The molecule has 0 fully saturated rings. The smallest absolute Gasteiger partial charge is 0.232 e. The summed E-state index contributed by atoms with van der Waals surface area (Å²) in [6.45, 7) is 4.61. The van der Waals surface area contributed by atoms with Crippen molar-refractivity contribution in [3.63, 3.8) is 0 Å². The van der Waals surface area contributed by atoms with E-state index in [0.29, 0.717) is 28.3 Å². The van der Waals surface area contributed by atoms with E-state index >= 15 is 0 Å². The second-order valence-electron chi connectivity index (χ2n) is 4.67. The van der Waals surface area contributed by atoms with Crippen LogP contribution in [0.1, 0.15) is 19.4 Å². The molecule has 106 valence electrons. The van der Waals surface area contributed by atoms with E-state index in [0.717, 1.165) is 5.56 Å². The zero-order valence-corrected chi connectivity index (χ0v) is 13.2. The maximum atomic E-state index is 11.8. The van der Waals surface area contributed by atoms with Gasteiger partial charge in [-0.25, -0.2) is 0 Å². The Bertz CT molecular complexity index is 478. The van der Waals surface area contributed by atoms with Crippen LogP contribution >= 0.6 is 23.2 Å². The summed E-state index contributed by atoms with van der Waals surface area (Å²) in [5.41, 5.74) is 0.810. The van der Waals surface area contributed by atoms with E-state index in [1.807, 2.05) is 13.8 Å². The Kier molecular flexibility index (Phi) is 6.83. The number of hydrogen-bond acceptors (Lipinski definition) is 2. The van der Waals surface area contributed by atoms with Gasteiger partial charge in [-0.3, -0.25) is 9.00 Å². The van der Waals surface area contributed by atoms with Crippen molar-refractivity contribution in [2.75, 3.05) is 12.3 Å². The van der Waals surface area contributed by atoms with Crippen LogP contribution in [0.15, 0.2) is 18.2 Å². The Balaban J connectivity index is 2.46. The number of hydrogen-bond donors (Lipinski definition) is 1. The summed E-state index contributed by atoms with van der Waals surface area (Å²) < 4.78 is 11.8. The van der Waals surface area contributed by atoms with Gasteiger partial charge in [0.1, 0.15) is 5.75 Å². The SMILES string of the molecule is CC(C)CNC(=O)C[S@](=O)Cc1ccc(Cl)c(Cl)c1. The highest BCUT2D eigenvalue weighted by molar-refractivity contribution is 7.84. The molecule has 0 spiro atoms. The molecule has 0 unspecified atom stereocenters. The van der Waals surface area contributed by atoms with Gasteiger partial charge in [-0.1, -0.05) is 43.1 Å². The van der Waals surface area contributed by atoms with E-state index in [4.69, 9.17) is 23.2 Å². The summed E-state index contributed by atoms with van der Waals surface area (Å²) in [4.78, 5) is 11.5. The van der Waals surface area contributed by atoms with Gasteiger partial charge in [0.2, 0.25) is 5.91 Å². The normalized spacial score (nSPS) is 12.5. The van der Waals surface area contributed by atoms with Gasteiger partial charge in [0.05, 0.1) is 10.0 Å². The van der Waals surface area contributed by atoms with Crippen LogP contribution in [-0.2, 0) is 21.3 Å². The highest BCUT2D eigenvalue weighted by Gasteiger charge is 2.10. The molecule has 0 saturated heterocycles. The van der Waals surface area contributed by atoms with E-state index < -0.39 is 10.8 Å². The van der Waals surface area contributed by atoms with Gasteiger partial charge < -0.3 is 5.32 Å². The lowest BCUT2D eigenvalue weighted by Gasteiger charge is -2.08. The van der Waals surface area contributed by atoms with Crippen molar-refractivity contribution in [1.29, 1.82) is 0 Å². The van der Waals surface area contributed by atoms with Crippen molar-refractivity contribution < 1.29 is 9.00 Å². The first kappa shape index (κ1) is 16.5. The van der Waals surface area contributed by atoms with Crippen molar-refractivity contribution in [3.8, 4) is 0 Å². The molecule has 0 aliphatic carbocycles. The fraction of sp³-hybridized carbons (Fsp3) is 0.462. The van der Waals surface area contributed by atoms with Crippen LogP contribution in [0.25, 0.3) is 0 Å². The molecule has 1 rings (SSSR count). The average molecular weight is 322 g/mol. The molecule has 1 aromatic carbocycles. The zero-order valence-electron chi connectivity index (χ0n) is 10.9.